The molecule has 1 aliphatic carbocycles. The summed E-state index contributed by atoms with van der Waals surface area (Å²) in [6.45, 7) is 2.39. The van der Waals surface area contributed by atoms with Crippen molar-refractivity contribution in [2.24, 2.45) is 0 Å². The van der Waals surface area contributed by atoms with Crippen molar-refractivity contribution < 1.29 is 9.59 Å². The van der Waals surface area contributed by atoms with Crippen LogP contribution in [0.25, 0.3) is 6.08 Å². The van der Waals surface area contributed by atoms with Crippen LogP contribution in [0.5, 0.6) is 0 Å². The standard InChI is InChI=1S/C29H31N3O2S/c33-27-25(28(34)32(29(35)30-27)17-15-21-8-3-1-4-9-21)19-23-13-14-26-24(18-23)12-7-16-31(26)20-22-10-5-2-6-11-22/h2,5-6,8,10-11,13-14,18-19H,1,3-4,7,9,12,15-17,20H2,(H,30,33,35)/b25-19+. The molecule has 0 atom stereocenters. The summed E-state index contributed by atoms with van der Waals surface area (Å²) in [5.74, 6) is -0.727. The average molecular weight is 486 g/mol. The van der Waals surface area contributed by atoms with Crippen LogP contribution in [0.4, 0.5) is 5.69 Å². The highest BCUT2D eigenvalue weighted by Crippen LogP contribution is 2.30. The minimum absolute atomic E-state index is 0.146. The van der Waals surface area contributed by atoms with Gasteiger partial charge in [-0.2, -0.15) is 0 Å². The highest BCUT2D eigenvalue weighted by atomic mass is 32.1. The van der Waals surface area contributed by atoms with Gasteiger partial charge in [0.05, 0.1) is 0 Å². The molecule has 0 aromatic heterocycles. The molecule has 2 aliphatic heterocycles. The number of fused-ring (bicyclic) bond motifs is 1. The minimum atomic E-state index is -0.420. The fourth-order valence-electron chi connectivity index (χ4n) is 5.20. The number of nitrogens with one attached hydrogen (secondary N) is 1. The molecule has 0 saturated carbocycles. The van der Waals surface area contributed by atoms with Crippen molar-refractivity contribution in [1.29, 1.82) is 0 Å². The first-order valence-corrected chi connectivity index (χ1v) is 13.0. The molecule has 2 amide bonds. The van der Waals surface area contributed by atoms with Crippen LogP contribution in [0, 0.1) is 0 Å². The third kappa shape index (κ3) is 5.38. The Morgan fingerprint density at radius 3 is 2.66 bits per heavy atom. The van der Waals surface area contributed by atoms with E-state index in [0.717, 1.165) is 50.8 Å². The van der Waals surface area contributed by atoms with Crippen LogP contribution in [-0.4, -0.2) is 34.9 Å². The fourth-order valence-corrected chi connectivity index (χ4v) is 5.47. The smallest absolute Gasteiger partial charge is 0.265 e. The van der Waals surface area contributed by atoms with Gasteiger partial charge in [-0.05, 0) is 92.1 Å². The lowest BCUT2D eigenvalue weighted by Crippen LogP contribution is -2.54. The second kappa shape index (κ2) is 10.6. The molecule has 180 valence electrons. The molecule has 5 rings (SSSR count). The predicted molar refractivity (Wildman–Crippen MR) is 144 cm³/mol. The van der Waals surface area contributed by atoms with Gasteiger partial charge in [0.2, 0.25) is 0 Å². The summed E-state index contributed by atoms with van der Waals surface area (Å²) in [6, 6.07) is 16.7. The first kappa shape index (κ1) is 23.5. The van der Waals surface area contributed by atoms with E-state index in [2.05, 4.69) is 52.7 Å². The largest absolute Gasteiger partial charge is 0.367 e. The topological polar surface area (TPSA) is 52.7 Å². The molecule has 1 N–H and O–H groups in total. The van der Waals surface area contributed by atoms with Gasteiger partial charge in [0, 0.05) is 25.3 Å². The summed E-state index contributed by atoms with van der Waals surface area (Å²) in [5.41, 5.74) is 6.16. The van der Waals surface area contributed by atoms with Gasteiger partial charge in [-0.1, -0.05) is 48.0 Å². The van der Waals surface area contributed by atoms with E-state index in [1.165, 1.54) is 40.1 Å². The predicted octanol–water partition coefficient (Wildman–Crippen LogP) is 5.16. The lowest BCUT2D eigenvalue weighted by atomic mass is 9.96. The van der Waals surface area contributed by atoms with Crippen LogP contribution >= 0.6 is 12.2 Å². The summed E-state index contributed by atoms with van der Waals surface area (Å²) >= 11 is 5.33. The Balaban J connectivity index is 1.34. The van der Waals surface area contributed by atoms with Crippen molar-refractivity contribution in [2.75, 3.05) is 18.0 Å². The Hall–Kier alpha value is -3.25. The molecule has 0 unspecified atom stereocenters. The molecule has 5 nitrogen and oxygen atoms in total. The number of hydrogen-bond acceptors (Lipinski definition) is 4. The van der Waals surface area contributed by atoms with Crippen molar-refractivity contribution in [3.8, 4) is 0 Å². The van der Waals surface area contributed by atoms with Crippen molar-refractivity contribution in [3.05, 3.63) is 82.4 Å². The van der Waals surface area contributed by atoms with Crippen LogP contribution in [0.15, 0.2) is 65.8 Å². The number of aryl methyl sites for hydroxylation is 1. The van der Waals surface area contributed by atoms with Gasteiger partial charge < -0.3 is 4.90 Å². The third-order valence-electron chi connectivity index (χ3n) is 7.07. The minimum Gasteiger partial charge on any atom is -0.367 e. The Kier molecular flexibility index (Phi) is 7.09. The van der Waals surface area contributed by atoms with E-state index in [1.807, 2.05) is 12.1 Å². The first-order chi connectivity index (χ1) is 17.1. The Morgan fingerprint density at radius 1 is 1.00 bits per heavy atom. The van der Waals surface area contributed by atoms with Crippen molar-refractivity contribution >= 4 is 40.9 Å². The quantitative estimate of drug-likeness (QED) is 0.266. The van der Waals surface area contributed by atoms with Crippen LogP contribution in [0.1, 0.15) is 55.2 Å². The van der Waals surface area contributed by atoms with E-state index in [4.69, 9.17) is 12.2 Å². The third-order valence-corrected chi connectivity index (χ3v) is 7.40. The SMILES string of the molecule is O=C1NC(=S)N(CCC2=CCCCC2)C(=O)/C1=C/c1ccc2c(c1)CCCN2Cc1ccccc1. The molecule has 0 bridgehead atoms. The molecule has 2 heterocycles. The maximum absolute atomic E-state index is 13.2. The van der Waals surface area contributed by atoms with Crippen molar-refractivity contribution in [3.63, 3.8) is 0 Å². The number of benzene rings is 2. The lowest BCUT2D eigenvalue weighted by molar-refractivity contribution is -0.128. The first-order valence-electron chi connectivity index (χ1n) is 12.6. The van der Waals surface area contributed by atoms with E-state index in [9.17, 15) is 9.59 Å². The van der Waals surface area contributed by atoms with Crippen molar-refractivity contribution in [1.82, 2.24) is 10.2 Å². The molecule has 1 saturated heterocycles. The molecular formula is C29H31N3O2S. The number of allylic oxidation sites excluding steroid dienone is 1. The van der Waals surface area contributed by atoms with Crippen LogP contribution < -0.4 is 10.2 Å². The maximum atomic E-state index is 13.2. The number of carbonyl (C=O) groups is 2. The van der Waals surface area contributed by atoms with E-state index in [-0.39, 0.29) is 16.6 Å². The second-order valence-electron chi connectivity index (χ2n) is 9.53. The molecule has 6 heteroatoms. The Bertz CT molecular complexity index is 1200. The van der Waals surface area contributed by atoms with Gasteiger partial charge in [-0.25, -0.2) is 0 Å². The molecule has 0 spiro atoms. The molecule has 1 fully saturated rings. The molecule has 35 heavy (non-hydrogen) atoms. The molecular weight excluding hydrogens is 454 g/mol. The summed E-state index contributed by atoms with van der Waals surface area (Å²) in [4.78, 5) is 29.9. The fraction of sp³-hybridized carbons (Fsp3) is 0.345. The highest BCUT2D eigenvalue weighted by molar-refractivity contribution is 7.80. The number of rotatable bonds is 6. The zero-order valence-corrected chi connectivity index (χ0v) is 20.8. The lowest BCUT2D eigenvalue weighted by Gasteiger charge is -2.32. The van der Waals surface area contributed by atoms with Crippen LogP contribution in [0.3, 0.4) is 0 Å². The van der Waals surface area contributed by atoms with E-state index in [0.29, 0.717) is 6.54 Å². The zero-order chi connectivity index (χ0) is 24.2. The van der Waals surface area contributed by atoms with Gasteiger partial charge in [0.1, 0.15) is 5.57 Å². The highest BCUT2D eigenvalue weighted by Gasteiger charge is 2.33. The van der Waals surface area contributed by atoms with E-state index < -0.39 is 5.91 Å². The van der Waals surface area contributed by atoms with Gasteiger partial charge in [-0.15, -0.1) is 0 Å². The van der Waals surface area contributed by atoms with E-state index in [1.54, 1.807) is 6.08 Å². The number of carbonyl (C=O) groups excluding carboxylic acids is 2. The number of nitrogens with zero attached hydrogens (tertiary/aromatic N) is 2. The number of thiocarbonyl (C=S) groups is 1. The second-order valence-corrected chi connectivity index (χ2v) is 9.92. The van der Waals surface area contributed by atoms with Crippen LogP contribution in [0.2, 0.25) is 0 Å². The van der Waals surface area contributed by atoms with Gasteiger partial charge in [0.15, 0.2) is 5.11 Å². The number of hydrogen-bond donors (Lipinski definition) is 1. The summed E-state index contributed by atoms with van der Waals surface area (Å²) in [5, 5.41) is 2.92. The summed E-state index contributed by atoms with van der Waals surface area (Å²) in [6.07, 6.45) is 11.5. The van der Waals surface area contributed by atoms with Crippen molar-refractivity contribution in [2.45, 2.75) is 51.5 Å². The summed E-state index contributed by atoms with van der Waals surface area (Å²) in [7, 11) is 0. The van der Waals surface area contributed by atoms with Gasteiger partial charge >= 0.3 is 0 Å². The Labute approximate surface area is 212 Å². The Morgan fingerprint density at radius 2 is 1.86 bits per heavy atom. The maximum Gasteiger partial charge on any atom is 0.265 e. The average Bonchev–Trinajstić information content (AvgIpc) is 2.88. The molecule has 0 radical (unpaired) electrons. The monoisotopic (exact) mass is 485 g/mol. The molecule has 3 aliphatic rings. The number of amides is 2. The molecule has 2 aromatic rings. The molecule has 2 aromatic carbocycles. The zero-order valence-electron chi connectivity index (χ0n) is 20.0. The van der Waals surface area contributed by atoms with E-state index >= 15 is 0 Å². The van der Waals surface area contributed by atoms with Crippen LogP contribution in [-0.2, 0) is 22.6 Å². The normalized spacial score (nSPS) is 19.5. The number of anilines is 1. The summed E-state index contributed by atoms with van der Waals surface area (Å²) < 4.78 is 0. The van der Waals surface area contributed by atoms with Gasteiger partial charge in [0.25, 0.3) is 11.8 Å². The van der Waals surface area contributed by atoms with Gasteiger partial charge in [-0.3, -0.25) is 19.8 Å².